The van der Waals surface area contributed by atoms with Crippen molar-refractivity contribution in [1.29, 1.82) is 0 Å². The standard InChI is InChI=1S/C13H18O3S/c1-3-5-13(14)11-6-8-12(9-7-11)17(15,16)10-4-2/h3,6-9,13-14H,1,4-5,10H2,2H3. The number of benzene rings is 1. The number of hydrogen-bond acceptors (Lipinski definition) is 3. The van der Waals surface area contributed by atoms with E-state index in [-0.39, 0.29) is 5.75 Å². The quantitative estimate of drug-likeness (QED) is 0.793. The first-order chi connectivity index (χ1) is 8.01. The molecule has 0 aliphatic heterocycles. The molecule has 94 valence electrons. The minimum absolute atomic E-state index is 0.154. The van der Waals surface area contributed by atoms with Crippen LogP contribution in [-0.4, -0.2) is 19.3 Å². The van der Waals surface area contributed by atoms with Gasteiger partial charge in [-0.05, 0) is 30.5 Å². The molecule has 0 fully saturated rings. The molecular formula is C13H18O3S. The summed E-state index contributed by atoms with van der Waals surface area (Å²) in [6.45, 7) is 5.38. The van der Waals surface area contributed by atoms with Crippen molar-refractivity contribution >= 4 is 9.84 Å². The molecule has 0 radical (unpaired) electrons. The zero-order chi connectivity index (χ0) is 12.9. The second kappa shape index (κ2) is 5.98. The van der Waals surface area contributed by atoms with Crippen molar-refractivity contribution in [2.75, 3.05) is 5.75 Å². The van der Waals surface area contributed by atoms with Crippen LogP contribution in [-0.2, 0) is 9.84 Å². The largest absolute Gasteiger partial charge is 0.388 e. The molecule has 1 aromatic carbocycles. The topological polar surface area (TPSA) is 54.4 Å². The Bertz CT molecular complexity index is 460. The molecule has 0 saturated carbocycles. The Hall–Kier alpha value is -1.13. The van der Waals surface area contributed by atoms with Crippen molar-refractivity contribution in [2.24, 2.45) is 0 Å². The van der Waals surface area contributed by atoms with Crippen molar-refractivity contribution in [3.63, 3.8) is 0 Å². The number of aliphatic hydroxyl groups is 1. The van der Waals surface area contributed by atoms with E-state index < -0.39 is 15.9 Å². The van der Waals surface area contributed by atoms with Crippen LogP contribution in [0.1, 0.15) is 31.4 Å². The van der Waals surface area contributed by atoms with Crippen LogP contribution < -0.4 is 0 Å². The molecule has 1 unspecified atom stereocenters. The van der Waals surface area contributed by atoms with Gasteiger partial charge in [0.2, 0.25) is 0 Å². The van der Waals surface area contributed by atoms with Crippen LogP contribution in [0.15, 0.2) is 41.8 Å². The SMILES string of the molecule is C=CCC(O)c1ccc(S(=O)(=O)CCC)cc1. The molecule has 0 aliphatic rings. The average Bonchev–Trinajstić information content (AvgIpc) is 2.29. The Kier molecular flexibility index (Phi) is 4.90. The van der Waals surface area contributed by atoms with Gasteiger partial charge in [-0.25, -0.2) is 8.42 Å². The van der Waals surface area contributed by atoms with Gasteiger partial charge in [0, 0.05) is 0 Å². The van der Waals surface area contributed by atoms with Crippen LogP contribution in [0.4, 0.5) is 0 Å². The third kappa shape index (κ3) is 3.68. The summed E-state index contributed by atoms with van der Waals surface area (Å²) in [6.07, 6.45) is 2.08. The van der Waals surface area contributed by atoms with Crippen LogP contribution in [0.5, 0.6) is 0 Å². The van der Waals surface area contributed by atoms with Gasteiger partial charge in [0.1, 0.15) is 0 Å². The monoisotopic (exact) mass is 254 g/mol. The van der Waals surface area contributed by atoms with E-state index in [0.717, 1.165) is 0 Å². The summed E-state index contributed by atoms with van der Waals surface area (Å²) < 4.78 is 23.5. The van der Waals surface area contributed by atoms with E-state index in [1.165, 1.54) is 0 Å². The summed E-state index contributed by atoms with van der Waals surface area (Å²) >= 11 is 0. The molecule has 0 saturated heterocycles. The first-order valence-electron chi connectivity index (χ1n) is 5.63. The van der Waals surface area contributed by atoms with E-state index in [1.807, 2.05) is 6.92 Å². The lowest BCUT2D eigenvalue weighted by Crippen LogP contribution is -2.06. The van der Waals surface area contributed by atoms with Gasteiger partial charge in [0.15, 0.2) is 9.84 Å². The summed E-state index contributed by atoms with van der Waals surface area (Å²) in [5, 5.41) is 9.70. The molecule has 0 aliphatic carbocycles. The van der Waals surface area contributed by atoms with Gasteiger partial charge in [-0.15, -0.1) is 6.58 Å². The van der Waals surface area contributed by atoms with E-state index in [4.69, 9.17) is 0 Å². The number of aliphatic hydroxyl groups excluding tert-OH is 1. The highest BCUT2D eigenvalue weighted by molar-refractivity contribution is 7.91. The summed E-state index contributed by atoms with van der Waals surface area (Å²) in [4.78, 5) is 0.314. The number of rotatable bonds is 6. The highest BCUT2D eigenvalue weighted by atomic mass is 32.2. The van der Waals surface area contributed by atoms with Crippen molar-refractivity contribution in [3.8, 4) is 0 Å². The predicted octanol–water partition coefficient (Wildman–Crippen LogP) is 2.48. The van der Waals surface area contributed by atoms with Gasteiger partial charge < -0.3 is 5.11 Å². The fraction of sp³-hybridized carbons (Fsp3) is 0.385. The van der Waals surface area contributed by atoms with Crippen LogP contribution in [0, 0.1) is 0 Å². The fourth-order valence-corrected chi connectivity index (χ4v) is 2.90. The highest BCUT2D eigenvalue weighted by Crippen LogP contribution is 2.20. The Labute approximate surface area is 103 Å². The molecule has 3 nitrogen and oxygen atoms in total. The van der Waals surface area contributed by atoms with Crippen molar-refractivity contribution in [1.82, 2.24) is 0 Å². The smallest absolute Gasteiger partial charge is 0.178 e. The summed E-state index contributed by atoms with van der Waals surface area (Å²) in [5.41, 5.74) is 0.709. The van der Waals surface area contributed by atoms with Gasteiger partial charge in [-0.2, -0.15) is 0 Å². The molecule has 1 rings (SSSR count). The minimum Gasteiger partial charge on any atom is -0.388 e. The molecule has 0 aromatic heterocycles. The fourth-order valence-electron chi connectivity index (χ4n) is 1.58. The van der Waals surface area contributed by atoms with Crippen molar-refractivity contribution in [2.45, 2.75) is 30.8 Å². The molecule has 0 spiro atoms. The maximum Gasteiger partial charge on any atom is 0.178 e. The molecule has 17 heavy (non-hydrogen) atoms. The highest BCUT2D eigenvalue weighted by Gasteiger charge is 2.13. The molecular weight excluding hydrogens is 236 g/mol. The first-order valence-corrected chi connectivity index (χ1v) is 7.28. The summed E-state index contributed by atoms with van der Waals surface area (Å²) in [5.74, 6) is 0.154. The van der Waals surface area contributed by atoms with Gasteiger partial charge in [-0.3, -0.25) is 0 Å². The normalized spacial score (nSPS) is 13.3. The molecule has 0 bridgehead atoms. The minimum atomic E-state index is -3.17. The Morgan fingerprint density at radius 3 is 2.41 bits per heavy atom. The molecule has 1 N–H and O–H groups in total. The van der Waals surface area contributed by atoms with Gasteiger partial charge >= 0.3 is 0 Å². The van der Waals surface area contributed by atoms with Crippen LogP contribution in [0.2, 0.25) is 0 Å². The lowest BCUT2D eigenvalue weighted by Gasteiger charge is -2.09. The second-order valence-electron chi connectivity index (χ2n) is 3.93. The summed E-state index contributed by atoms with van der Waals surface area (Å²) in [6, 6.07) is 6.40. The van der Waals surface area contributed by atoms with E-state index in [0.29, 0.717) is 23.3 Å². The van der Waals surface area contributed by atoms with E-state index in [2.05, 4.69) is 6.58 Å². The van der Waals surface area contributed by atoms with Crippen LogP contribution in [0.3, 0.4) is 0 Å². The third-order valence-corrected chi connectivity index (χ3v) is 4.42. The summed E-state index contributed by atoms with van der Waals surface area (Å²) in [7, 11) is -3.17. The molecule has 4 heteroatoms. The molecule has 0 heterocycles. The predicted molar refractivity (Wildman–Crippen MR) is 68.6 cm³/mol. The van der Waals surface area contributed by atoms with E-state index >= 15 is 0 Å². The zero-order valence-corrected chi connectivity index (χ0v) is 10.8. The lowest BCUT2D eigenvalue weighted by molar-refractivity contribution is 0.181. The van der Waals surface area contributed by atoms with Crippen LogP contribution in [0.25, 0.3) is 0 Å². The van der Waals surface area contributed by atoms with Gasteiger partial charge in [-0.1, -0.05) is 25.1 Å². The maximum absolute atomic E-state index is 11.8. The van der Waals surface area contributed by atoms with Gasteiger partial charge in [0.25, 0.3) is 0 Å². The number of hydrogen-bond donors (Lipinski definition) is 1. The Morgan fingerprint density at radius 2 is 1.94 bits per heavy atom. The molecule has 0 amide bonds. The average molecular weight is 254 g/mol. The van der Waals surface area contributed by atoms with Crippen molar-refractivity contribution in [3.05, 3.63) is 42.5 Å². The first kappa shape index (κ1) is 13.9. The van der Waals surface area contributed by atoms with Crippen molar-refractivity contribution < 1.29 is 13.5 Å². The Balaban J connectivity index is 2.92. The lowest BCUT2D eigenvalue weighted by atomic mass is 10.1. The van der Waals surface area contributed by atoms with Gasteiger partial charge in [0.05, 0.1) is 16.8 Å². The molecule has 1 aromatic rings. The molecule has 1 atom stereocenters. The number of sulfone groups is 1. The maximum atomic E-state index is 11.8. The zero-order valence-electron chi connectivity index (χ0n) is 9.96. The van der Waals surface area contributed by atoms with Crippen LogP contribution >= 0.6 is 0 Å². The Morgan fingerprint density at radius 1 is 1.35 bits per heavy atom. The third-order valence-electron chi connectivity index (χ3n) is 2.49. The van der Waals surface area contributed by atoms with E-state index in [1.54, 1.807) is 30.3 Å². The van der Waals surface area contributed by atoms with E-state index in [9.17, 15) is 13.5 Å². The second-order valence-corrected chi connectivity index (χ2v) is 6.04.